The lowest BCUT2D eigenvalue weighted by Gasteiger charge is -2.11. The molecule has 1 aliphatic rings. The van der Waals surface area contributed by atoms with Gasteiger partial charge in [-0.15, -0.1) is 0 Å². The van der Waals surface area contributed by atoms with Gasteiger partial charge in [-0.3, -0.25) is 4.79 Å². The third kappa shape index (κ3) is 3.23. The minimum atomic E-state index is -0.0497. The highest BCUT2D eigenvalue weighted by Gasteiger charge is 2.44. The molecule has 2 unspecified atom stereocenters. The lowest BCUT2D eigenvalue weighted by Crippen LogP contribution is -2.15. The summed E-state index contributed by atoms with van der Waals surface area (Å²) in [5, 5.41) is 12.2. The molecule has 2 aromatic carbocycles. The van der Waals surface area contributed by atoms with Crippen LogP contribution in [0.25, 0.3) is 0 Å². The molecule has 0 saturated heterocycles. The molecule has 1 amide bonds. The van der Waals surface area contributed by atoms with Crippen molar-refractivity contribution in [2.75, 3.05) is 19.5 Å². The van der Waals surface area contributed by atoms with Crippen LogP contribution in [0.5, 0.6) is 17.2 Å². The molecule has 1 saturated carbocycles. The molecule has 5 heteroatoms. The molecule has 2 aromatic rings. The number of aromatic hydroxyl groups is 1. The van der Waals surface area contributed by atoms with Crippen molar-refractivity contribution in [1.82, 2.24) is 0 Å². The molecule has 0 bridgehead atoms. The van der Waals surface area contributed by atoms with Gasteiger partial charge in [-0.1, -0.05) is 12.1 Å². The second-order valence-electron chi connectivity index (χ2n) is 5.60. The Balaban J connectivity index is 1.68. The molecule has 3 rings (SSSR count). The molecule has 120 valence electrons. The average Bonchev–Trinajstić information content (AvgIpc) is 3.36. The molecule has 2 N–H and O–H groups in total. The van der Waals surface area contributed by atoms with E-state index in [0.717, 1.165) is 12.0 Å². The Morgan fingerprint density at radius 3 is 2.52 bits per heavy atom. The maximum absolute atomic E-state index is 12.4. The van der Waals surface area contributed by atoms with Crippen LogP contribution in [0.15, 0.2) is 42.5 Å². The van der Waals surface area contributed by atoms with E-state index in [1.165, 1.54) is 0 Å². The molecule has 1 fully saturated rings. The van der Waals surface area contributed by atoms with E-state index in [9.17, 15) is 9.90 Å². The fourth-order valence-corrected chi connectivity index (χ4v) is 2.70. The Kier molecular flexibility index (Phi) is 4.10. The second-order valence-corrected chi connectivity index (χ2v) is 5.60. The minimum Gasteiger partial charge on any atom is -0.508 e. The van der Waals surface area contributed by atoms with Gasteiger partial charge in [-0.05, 0) is 42.2 Å². The zero-order valence-electron chi connectivity index (χ0n) is 13.1. The molecular weight excluding hydrogens is 294 g/mol. The fraction of sp³-hybridized carbons (Fsp3) is 0.278. The summed E-state index contributed by atoms with van der Waals surface area (Å²) in [6, 6.07) is 12.3. The number of anilines is 1. The summed E-state index contributed by atoms with van der Waals surface area (Å²) in [5.74, 6) is 1.61. The number of phenols is 1. The Hall–Kier alpha value is -2.69. The van der Waals surface area contributed by atoms with Crippen molar-refractivity contribution in [2.45, 2.75) is 12.3 Å². The van der Waals surface area contributed by atoms with Gasteiger partial charge in [0, 0.05) is 12.0 Å². The summed E-state index contributed by atoms with van der Waals surface area (Å²) in [6.07, 6.45) is 0.815. The van der Waals surface area contributed by atoms with E-state index < -0.39 is 0 Å². The molecule has 1 aliphatic carbocycles. The first-order valence-corrected chi connectivity index (χ1v) is 7.44. The van der Waals surface area contributed by atoms with Crippen LogP contribution in [-0.2, 0) is 4.79 Å². The molecule has 0 aliphatic heterocycles. The lowest BCUT2D eigenvalue weighted by molar-refractivity contribution is -0.117. The molecule has 0 radical (unpaired) electrons. The lowest BCUT2D eigenvalue weighted by atomic mass is 10.1. The van der Waals surface area contributed by atoms with Crippen LogP contribution in [0.2, 0.25) is 0 Å². The van der Waals surface area contributed by atoms with E-state index >= 15 is 0 Å². The van der Waals surface area contributed by atoms with Crippen LogP contribution in [0.1, 0.15) is 17.9 Å². The van der Waals surface area contributed by atoms with Gasteiger partial charge in [0.05, 0.1) is 19.9 Å². The molecule has 0 spiro atoms. The van der Waals surface area contributed by atoms with Crippen molar-refractivity contribution >= 4 is 11.6 Å². The van der Waals surface area contributed by atoms with Crippen LogP contribution in [0.3, 0.4) is 0 Å². The van der Waals surface area contributed by atoms with Crippen LogP contribution in [0, 0.1) is 5.92 Å². The minimum absolute atomic E-state index is 0.0217. The molecule has 0 aromatic heterocycles. The number of ether oxygens (including phenoxy) is 2. The number of carbonyl (C=O) groups is 1. The Morgan fingerprint density at radius 2 is 1.87 bits per heavy atom. The number of benzene rings is 2. The van der Waals surface area contributed by atoms with Gasteiger partial charge in [-0.2, -0.15) is 0 Å². The van der Waals surface area contributed by atoms with Gasteiger partial charge < -0.3 is 19.9 Å². The van der Waals surface area contributed by atoms with Crippen molar-refractivity contribution in [3.05, 3.63) is 48.0 Å². The fourth-order valence-electron chi connectivity index (χ4n) is 2.70. The van der Waals surface area contributed by atoms with E-state index in [1.807, 2.05) is 12.1 Å². The SMILES string of the molecule is COc1ccc(NC(=O)C2CC2c2ccc(O)cc2)c(OC)c1. The third-order valence-corrected chi connectivity index (χ3v) is 4.12. The highest BCUT2D eigenvalue weighted by Crippen LogP contribution is 2.48. The Labute approximate surface area is 134 Å². The molecular formula is C18H19NO4. The maximum Gasteiger partial charge on any atom is 0.228 e. The van der Waals surface area contributed by atoms with Crippen molar-refractivity contribution in [3.63, 3.8) is 0 Å². The number of phenolic OH excluding ortho intramolecular Hbond substituents is 1. The van der Waals surface area contributed by atoms with Crippen LogP contribution < -0.4 is 14.8 Å². The van der Waals surface area contributed by atoms with Gasteiger partial charge in [0.25, 0.3) is 0 Å². The summed E-state index contributed by atoms with van der Waals surface area (Å²) in [7, 11) is 3.14. The molecule has 0 heterocycles. The highest BCUT2D eigenvalue weighted by atomic mass is 16.5. The number of amides is 1. The van der Waals surface area contributed by atoms with Crippen molar-refractivity contribution in [2.24, 2.45) is 5.92 Å². The number of methoxy groups -OCH3 is 2. The van der Waals surface area contributed by atoms with E-state index in [0.29, 0.717) is 17.2 Å². The number of nitrogens with one attached hydrogen (secondary N) is 1. The number of hydrogen-bond donors (Lipinski definition) is 2. The van der Waals surface area contributed by atoms with Crippen LogP contribution in [0.4, 0.5) is 5.69 Å². The number of carbonyl (C=O) groups excluding carboxylic acids is 1. The third-order valence-electron chi connectivity index (χ3n) is 4.12. The van der Waals surface area contributed by atoms with Gasteiger partial charge in [0.1, 0.15) is 17.2 Å². The summed E-state index contributed by atoms with van der Waals surface area (Å²) >= 11 is 0. The standard InChI is InChI=1S/C18H19NO4/c1-22-13-7-8-16(17(9-13)23-2)19-18(21)15-10-14(15)11-3-5-12(20)6-4-11/h3-9,14-15,20H,10H2,1-2H3,(H,19,21). The van der Waals surface area contributed by atoms with E-state index in [1.54, 1.807) is 44.6 Å². The first-order chi connectivity index (χ1) is 11.1. The first-order valence-electron chi connectivity index (χ1n) is 7.44. The zero-order valence-corrected chi connectivity index (χ0v) is 13.1. The maximum atomic E-state index is 12.4. The number of rotatable bonds is 5. The normalized spacial score (nSPS) is 19.0. The van der Waals surface area contributed by atoms with Gasteiger partial charge in [0.15, 0.2) is 0 Å². The van der Waals surface area contributed by atoms with Crippen LogP contribution >= 0.6 is 0 Å². The topological polar surface area (TPSA) is 67.8 Å². The zero-order chi connectivity index (χ0) is 16.4. The van der Waals surface area contributed by atoms with E-state index in [2.05, 4.69) is 5.32 Å². The predicted molar refractivity (Wildman–Crippen MR) is 87.1 cm³/mol. The Morgan fingerprint density at radius 1 is 1.13 bits per heavy atom. The summed E-state index contributed by atoms with van der Waals surface area (Å²) < 4.78 is 10.4. The number of hydrogen-bond acceptors (Lipinski definition) is 4. The molecule has 23 heavy (non-hydrogen) atoms. The highest BCUT2D eigenvalue weighted by molar-refractivity contribution is 5.96. The molecule has 2 atom stereocenters. The smallest absolute Gasteiger partial charge is 0.228 e. The second kappa shape index (κ2) is 6.20. The van der Waals surface area contributed by atoms with Gasteiger partial charge in [0.2, 0.25) is 5.91 Å². The van der Waals surface area contributed by atoms with Crippen molar-refractivity contribution in [1.29, 1.82) is 0 Å². The van der Waals surface area contributed by atoms with Gasteiger partial charge >= 0.3 is 0 Å². The predicted octanol–water partition coefficient (Wildman–Crippen LogP) is 3.15. The first kappa shape index (κ1) is 15.2. The van der Waals surface area contributed by atoms with Crippen molar-refractivity contribution < 1.29 is 19.4 Å². The Bertz CT molecular complexity index is 711. The summed E-state index contributed by atoms with van der Waals surface area (Å²) in [5.41, 5.74) is 1.71. The van der Waals surface area contributed by atoms with E-state index in [4.69, 9.17) is 9.47 Å². The quantitative estimate of drug-likeness (QED) is 0.890. The monoisotopic (exact) mass is 313 g/mol. The largest absolute Gasteiger partial charge is 0.508 e. The van der Waals surface area contributed by atoms with Crippen LogP contribution in [-0.4, -0.2) is 25.2 Å². The summed E-state index contributed by atoms with van der Waals surface area (Å²) in [6.45, 7) is 0. The average molecular weight is 313 g/mol. The van der Waals surface area contributed by atoms with Crippen molar-refractivity contribution in [3.8, 4) is 17.2 Å². The van der Waals surface area contributed by atoms with E-state index in [-0.39, 0.29) is 23.5 Å². The molecule has 5 nitrogen and oxygen atoms in total. The van der Waals surface area contributed by atoms with Gasteiger partial charge in [-0.25, -0.2) is 0 Å². The summed E-state index contributed by atoms with van der Waals surface area (Å²) in [4.78, 5) is 12.4.